The van der Waals surface area contributed by atoms with Gasteiger partial charge in [0, 0.05) is 31.3 Å². The van der Waals surface area contributed by atoms with Crippen molar-refractivity contribution in [3.05, 3.63) is 0 Å². The maximum atomic E-state index is 12.6. The number of rotatable bonds is 6. The van der Waals surface area contributed by atoms with Crippen molar-refractivity contribution in [1.29, 1.82) is 0 Å². The monoisotopic (exact) mass is 306 g/mol. The summed E-state index contributed by atoms with van der Waals surface area (Å²) in [5, 5.41) is 11.3. The summed E-state index contributed by atoms with van der Waals surface area (Å²) in [6.45, 7) is 2.52. The Hall–Kier alpha value is 0.610. The molecule has 0 aliphatic carbocycles. The molecule has 1 aliphatic rings. The quantitative estimate of drug-likeness (QED) is 0.339. The van der Waals surface area contributed by atoms with E-state index in [1.807, 2.05) is 0 Å². The van der Waals surface area contributed by atoms with E-state index in [4.69, 9.17) is 33.0 Å². The van der Waals surface area contributed by atoms with Crippen LogP contribution in [0.1, 0.15) is 13.3 Å². The van der Waals surface area contributed by atoms with E-state index in [1.165, 1.54) is 0 Å². The van der Waals surface area contributed by atoms with E-state index >= 15 is 0 Å². The van der Waals surface area contributed by atoms with Crippen molar-refractivity contribution in [2.75, 3.05) is 24.8 Å². The summed E-state index contributed by atoms with van der Waals surface area (Å²) >= 11 is 11.3. The molecule has 0 bridgehead atoms. The topological polar surface area (TPSA) is 71.0 Å². The molecule has 0 aromatic rings. The maximum Gasteiger partial charge on any atom is 0.345 e. The third-order valence-corrected chi connectivity index (χ3v) is 5.10. The van der Waals surface area contributed by atoms with Gasteiger partial charge in [0.2, 0.25) is 0 Å². The van der Waals surface area contributed by atoms with Gasteiger partial charge in [0.05, 0.1) is 6.10 Å². The smallest absolute Gasteiger partial charge is 0.303 e. The summed E-state index contributed by atoms with van der Waals surface area (Å²) in [5.74, 6) is 0.621. The van der Waals surface area contributed by atoms with Crippen LogP contribution in [0.2, 0.25) is 0 Å². The minimum Gasteiger partial charge on any atom is -0.303 e. The van der Waals surface area contributed by atoms with E-state index in [9.17, 15) is 4.57 Å². The molecule has 9 heteroatoms. The third kappa shape index (κ3) is 4.33. The van der Waals surface area contributed by atoms with Crippen LogP contribution in [0.3, 0.4) is 0 Å². The Morgan fingerprint density at radius 2 is 2.12 bits per heavy atom. The summed E-state index contributed by atoms with van der Waals surface area (Å²) in [6.07, 6.45) is -0.582. The second-order valence-electron chi connectivity index (χ2n) is 3.73. The van der Waals surface area contributed by atoms with Crippen LogP contribution in [0.5, 0.6) is 0 Å². The van der Waals surface area contributed by atoms with Gasteiger partial charge in [-0.2, -0.15) is 0 Å². The van der Waals surface area contributed by atoms with Gasteiger partial charge in [0.25, 0.3) is 0 Å². The zero-order chi connectivity index (χ0) is 12.9. The first-order valence-electron chi connectivity index (χ1n) is 5.29. The Balaban J connectivity index is 2.77. The molecule has 1 fully saturated rings. The summed E-state index contributed by atoms with van der Waals surface area (Å²) in [4.78, 5) is 4.21. The molecule has 0 aromatic carbocycles. The van der Waals surface area contributed by atoms with Gasteiger partial charge in [-0.05, 0) is 6.92 Å². The molecule has 0 amide bonds. The largest absolute Gasteiger partial charge is 0.345 e. The molecule has 6 nitrogen and oxygen atoms in total. The predicted octanol–water partition coefficient (Wildman–Crippen LogP) is 2.09. The van der Waals surface area contributed by atoms with Gasteiger partial charge in [0.1, 0.15) is 0 Å². The summed E-state index contributed by atoms with van der Waals surface area (Å²) in [6, 6.07) is 0. The first kappa shape index (κ1) is 15.7. The fourth-order valence-electron chi connectivity index (χ4n) is 1.64. The van der Waals surface area contributed by atoms with E-state index in [0.717, 1.165) is 0 Å². The van der Waals surface area contributed by atoms with Crippen molar-refractivity contribution < 1.29 is 19.2 Å². The summed E-state index contributed by atoms with van der Waals surface area (Å²) in [7, 11) is -3.26. The Labute approximate surface area is 111 Å². The van der Waals surface area contributed by atoms with Crippen molar-refractivity contribution >= 4 is 30.9 Å². The lowest BCUT2D eigenvalue weighted by Gasteiger charge is -2.38. The fourth-order valence-corrected chi connectivity index (χ4v) is 4.46. The van der Waals surface area contributed by atoms with Crippen molar-refractivity contribution in [3.63, 3.8) is 0 Å². The Bertz CT molecular complexity index is 278. The van der Waals surface area contributed by atoms with Crippen LogP contribution in [0.25, 0.3) is 0 Å². The normalized spacial score (nSPS) is 34.2. The average Bonchev–Trinajstić information content (AvgIpc) is 2.27. The van der Waals surface area contributed by atoms with E-state index in [1.54, 1.807) is 11.6 Å². The van der Waals surface area contributed by atoms with Gasteiger partial charge >= 0.3 is 7.67 Å². The zero-order valence-electron chi connectivity index (χ0n) is 9.51. The number of halogens is 2. The van der Waals surface area contributed by atoms with Crippen molar-refractivity contribution in [1.82, 2.24) is 9.76 Å². The van der Waals surface area contributed by atoms with Crippen molar-refractivity contribution in [2.45, 2.75) is 25.7 Å². The second kappa shape index (κ2) is 7.26. The first-order chi connectivity index (χ1) is 8.05. The minimum absolute atomic E-state index is 0.285. The minimum atomic E-state index is -3.26. The molecular weight excluding hydrogens is 290 g/mol. The molecule has 3 atom stereocenters. The SMILES string of the molecule is C[C@@H]1C[C@@H](OO)N[P@](=O)(N(CCCl)CCCl)O1. The van der Waals surface area contributed by atoms with Crippen LogP contribution in [0.15, 0.2) is 0 Å². The molecule has 0 unspecified atom stereocenters. The predicted molar refractivity (Wildman–Crippen MR) is 66.4 cm³/mol. The summed E-state index contributed by atoms with van der Waals surface area (Å²) in [5.41, 5.74) is 0. The van der Waals surface area contributed by atoms with Gasteiger partial charge in [-0.15, -0.1) is 23.2 Å². The third-order valence-electron chi connectivity index (χ3n) is 2.36. The molecule has 0 radical (unpaired) electrons. The fraction of sp³-hybridized carbons (Fsp3) is 1.00. The molecular formula is C8H17Cl2N2O4P. The van der Waals surface area contributed by atoms with Gasteiger partial charge in [-0.3, -0.25) is 9.82 Å². The lowest BCUT2D eigenvalue weighted by molar-refractivity contribution is -0.289. The van der Waals surface area contributed by atoms with E-state index in [0.29, 0.717) is 31.3 Å². The Morgan fingerprint density at radius 3 is 2.59 bits per heavy atom. The van der Waals surface area contributed by atoms with Gasteiger partial charge in [-0.25, -0.2) is 14.6 Å². The molecule has 1 aliphatic heterocycles. The summed E-state index contributed by atoms with van der Waals surface area (Å²) < 4.78 is 19.6. The average molecular weight is 307 g/mol. The number of hydrogen-bond acceptors (Lipinski definition) is 4. The maximum absolute atomic E-state index is 12.6. The lowest BCUT2D eigenvalue weighted by atomic mass is 10.3. The highest BCUT2D eigenvalue weighted by molar-refractivity contribution is 7.54. The standard InChI is InChI=1S/C8H17Cl2N2O4P/c1-7-6-8(15-13)11-17(14,16-7)12(4-2-9)5-3-10/h7-8,13H,2-6H2,1H3,(H,11,14)/t7-,8-,17-/m1/s1. The van der Waals surface area contributed by atoms with Crippen LogP contribution in [-0.4, -0.2) is 47.1 Å². The molecule has 2 N–H and O–H groups in total. The highest BCUT2D eigenvalue weighted by atomic mass is 35.5. The Kier molecular flexibility index (Phi) is 6.69. The molecule has 1 heterocycles. The van der Waals surface area contributed by atoms with E-state index < -0.39 is 13.9 Å². The van der Waals surface area contributed by atoms with Crippen LogP contribution < -0.4 is 5.09 Å². The second-order valence-corrected chi connectivity index (χ2v) is 6.56. The Morgan fingerprint density at radius 1 is 1.53 bits per heavy atom. The van der Waals surface area contributed by atoms with Crippen molar-refractivity contribution in [2.24, 2.45) is 0 Å². The van der Waals surface area contributed by atoms with Crippen LogP contribution in [-0.2, 0) is 14.0 Å². The molecule has 0 aromatic heterocycles. The van der Waals surface area contributed by atoms with Crippen LogP contribution in [0, 0.1) is 0 Å². The molecule has 17 heavy (non-hydrogen) atoms. The molecule has 1 saturated heterocycles. The first-order valence-corrected chi connectivity index (χ1v) is 7.94. The molecule has 1 rings (SSSR count). The van der Waals surface area contributed by atoms with Crippen LogP contribution in [0.4, 0.5) is 0 Å². The van der Waals surface area contributed by atoms with E-state index in [-0.39, 0.29) is 6.10 Å². The molecule has 0 saturated carbocycles. The van der Waals surface area contributed by atoms with Gasteiger partial charge in [-0.1, -0.05) is 0 Å². The number of nitrogens with zero attached hydrogens (tertiary/aromatic N) is 1. The van der Waals surface area contributed by atoms with Crippen molar-refractivity contribution in [3.8, 4) is 0 Å². The van der Waals surface area contributed by atoms with Crippen LogP contribution >= 0.6 is 30.9 Å². The molecule has 102 valence electrons. The molecule has 0 spiro atoms. The highest BCUT2D eigenvalue weighted by Gasteiger charge is 2.40. The van der Waals surface area contributed by atoms with Gasteiger partial charge in [0.15, 0.2) is 6.23 Å². The highest BCUT2D eigenvalue weighted by Crippen LogP contribution is 2.51. The van der Waals surface area contributed by atoms with Gasteiger partial charge < -0.3 is 4.52 Å². The zero-order valence-corrected chi connectivity index (χ0v) is 11.9. The number of alkyl halides is 2. The van der Waals surface area contributed by atoms with E-state index in [2.05, 4.69) is 9.97 Å². The lowest BCUT2D eigenvalue weighted by Crippen LogP contribution is -2.44. The number of hydrogen-bond donors (Lipinski definition) is 2. The number of nitrogens with one attached hydrogen (secondary N) is 1.